The van der Waals surface area contributed by atoms with Gasteiger partial charge < -0.3 is 9.47 Å². The van der Waals surface area contributed by atoms with Crippen molar-refractivity contribution < 1.29 is 14.3 Å². The number of rotatable bonds is 7. The highest BCUT2D eigenvalue weighted by Gasteiger charge is 2.32. The molecule has 0 bridgehead atoms. The third-order valence-corrected chi connectivity index (χ3v) is 7.05. The van der Waals surface area contributed by atoms with Crippen LogP contribution in [0.5, 0.6) is 5.75 Å². The summed E-state index contributed by atoms with van der Waals surface area (Å²) in [6.07, 6.45) is 1.98. The molecule has 0 spiro atoms. The molecule has 0 saturated carbocycles. The second-order valence-corrected chi connectivity index (χ2v) is 9.18. The lowest BCUT2D eigenvalue weighted by atomic mass is 9.90. The third-order valence-electron chi connectivity index (χ3n) is 6.00. The molecule has 0 aliphatic carbocycles. The van der Waals surface area contributed by atoms with Crippen LogP contribution in [0.1, 0.15) is 29.9 Å². The van der Waals surface area contributed by atoms with E-state index in [2.05, 4.69) is 0 Å². The summed E-state index contributed by atoms with van der Waals surface area (Å²) in [4.78, 5) is 20.9. The SMILES string of the molecule is COc1ccc2nc(N(CC3CCCO3)C(=O)C(c3ccccc3)c3ccccc3)sc2c1. The Hall–Kier alpha value is -3.22. The van der Waals surface area contributed by atoms with Crippen molar-refractivity contribution in [3.63, 3.8) is 0 Å². The summed E-state index contributed by atoms with van der Waals surface area (Å²) in [5.74, 6) is 0.366. The van der Waals surface area contributed by atoms with Crippen molar-refractivity contribution in [3.05, 3.63) is 90.0 Å². The summed E-state index contributed by atoms with van der Waals surface area (Å²) in [7, 11) is 1.65. The Kier molecular flexibility index (Phi) is 6.37. The molecule has 5 rings (SSSR count). The number of carbonyl (C=O) groups excluding carboxylic acids is 1. The fourth-order valence-corrected chi connectivity index (χ4v) is 5.32. The van der Waals surface area contributed by atoms with Crippen molar-refractivity contribution >= 4 is 32.6 Å². The summed E-state index contributed by atoms with van der Waals surface area (Å²) < 4.78 is 12.3. The number of amides is 1. The van der Waals surface area contributed by atoms with Crippen LogP contribution in [0.3, 0.4) is 0 Å². The molecule has 1 amide bonds. The van der Waals surface area contributed by atoms with E-state index in [-0.39, 0.29) is 12.0 Å². The molecule has 1 fully saturated rings. The predicted octanol–water partition coefficient (Wildman–Crippen LogP) is 5.65. The standard InChI is InChI=1S/C27H26N2O3S/c1-31-21-14-15-23-24(17-21)33-27(28-23)29(18-22-13-8-16-32-22)26(30)25(19-9-4-2-5-10-19)20-11-6-3-7-12-20/h2-7,9-12,14-15,17,22,25H,8,13,16,18H2,1H3. The number of ether oxygens (including phenoxy) is 2. The normalized spacial score (nSPS) is 15.8. The number of methoxy groups -OCH3 is 1. The maximum Gasteiger partial charge on any atom is 0.240 e. The molecular weight excluding hydrogens is 432 g/mol. The van der Waals surface area contributed by atoms with Gasteiger partial charge >= 0.3 is 0 Å². The van der Waals surface area contributed by atoms with Gasteiger partial charge in [0, 0.05) is 6.61 Å². The van der Waals surface area contributed by atoms with Gasteiger partial charge in [0.25, 0.3) is 0 Å². The summed E-state index contributed by atoms with van der Waals surface area (Å²) in [5, 5.41) is 0.690. The molecule has 3 aromatic carbocycles. The minimum absolute atomic E-state index is 0.00826. The van der Waals surface area contributed by atoms with Gasteiger partial charge in [0.05, 0.1) is 35.9 Å². The monoisotopic (exact) mass is 458 g/mol. The fraction of sp³-hybridized carbons (Fsp3) is 0.259. The number of fused-ring (bicyclic) bond motifs is 1. The number of carbonyl (C=O) groups is 1. The molecule has 1 saturated heterocycles. The van der Waals surface area contributed by atoms with Crippen LogP contribution in [0.4, 0.5) is 5.13 Å². The van der Waals surface area contributed by atoms with Crippen molar-refractivity contribution in [1.29, 1.82) is 0 Å². The van der Waals surface area contributed by atoms with Gasteiger partial charge in [-0.1, -0.05) is 72.0 Å². The molecular formula is C27H26N2O3S. The number of nitrogens with zero attached hydrogens (tertiary/aromatic N) is 2. The zero-order chi connectivity index (χ0) is 22.6. The average Bonchev–Trinajstić information content (AvgIpc) is 3.53. The summed E-state index contributed by atoms with van der Waals surface area (Å²) >= 11 is 1.51. The van der Waals surface area contributed by atoms with E-state index < -0.39 is 5.92 Å². The van der Waals surface area contributed by atoms with E-state index in [0.717, 1.165) is 46.5 Å². The molecule has 1 unspecified atom stereocenters. The summed E-state index contributed by atoms with van der Waals surface area (Å²) in [5.41, 5.74) is 2.79. The van der Waals surface area contributed by atoms with Crippen molar-refractivity contribution in [2.75, 3.05) is 25.2 Å². The highest BCUT2D eigenvalue weighted by molar-refractivity contribution is 7.22. The second kappa shape index (κ2) is 9.73. The molecule has 1 aliphatic heterocycles. The van der Waals surface area contributed by atoms with Crippen LogP contribution in [0.2, 0.25) is 0 Å². The van der Waals surface area contributed by atoms with E-state index >= 15 is 0 Å². The third kappa shape index (κ3) is 4.63. The lowest BCUT2D eigenvalue weighted by Crippen LogP contribution is -2.40. The molecule has 33 heavy (non-hydrogen) atoms. The van der Waals surface area contributed by atoms with Crippen molar-refractivity contribution in [2.24, 2.45) is 0 Å². The maximum absolute atomic E-state index is 14.2. The summed E-state index contributed by atoms with van der Waals surface area (Å²) in [6, 6.07) is 25.7. The van der Waals surface area contributed by atoms with E-state index in [1.807, 2.05) is 83.8 Å². The number of hydrogen-bond acceptors (Lipinski definition) is 5. The van der Waals surface area contributed by atoms with Crippen molar-refractivity contribution in [3.8, 4) is 5.75 Å². The molecule has 0 N–H and O–H groups in total. The Balaban J connectivity index is 1.58. The molecule has 2 heterocycles. The minimum Gasteiger partial charge on any atom is -0.497 e. The number of anilines is 1. The van der Waals surface area contributed by atoms with E-state index in [0.29, 0.717) is 11.7 Å². The van der Waals surface area contributed by atoms with Crippen LogP contribution in [-0.2, 0) is 9.53 Å². The fourth-order valence-electron chi connectivity index (χ4n) is 4.31. The Morgan fingerprint density at radius 1 is 1.09 bits per heavy atom. The Bertz CT molecular complexity index is 1180. The lowest BCUT2D eigenvalue weighted by Gasteiger charge is -2.28. The van der Waals surface area contributed by atoms with Crippen molar-refractivity contribution in [1.82, 2.24) is 4.98 Å². The van der Waals surface area contributed by atoms with Crippen LogP contribution in [-0.4, -0.2) is 37.3 Å². The Labute approximate surface area is 197 Å². The molecule has 0 radical (unpaired) electrons. The quantitative estimate of drug-likeness (QED) is 0.359. The number of aromatic nitrogens is 1. The zero-order valence-corrected chi connectivity index (χ0v) is 19.3. The first-order valence-corrected chi connectivity index (χ1v) is 12.0. The smallest absolute Gasteiger partial charge is 0.240 e. The Morgan fingerprint density at radius 3 is 2.39 bits per heavy atom. The van der Waals surface area contributed by atoms with Gasteiger partial charge in [0.2, 0.25) is 5.91 Å². The first-order chi connectivity index (χ1) is 16.2. The predicted molar refractivity (Wildman–Crippen MR) is 132 cm³/mol. The van der Waals surface area contributed by atoms with E-state index in [9.17, 15) is 4.79 Å². The number of benzene rings is 3. The first-order valence-electron chi connectivity index (χ1n) is 11.2. The summed E-state index contributed by atoms with van der Waals surface area (Å²) in [6.45, 7) is 1.23. The van der Waals surface area contributed by atoms with E-state index in [4.69, 9.17) is 14.5 Å². The van der Waals surface area contributed by atoms with Gasteiger partial charge in [0.15, 0.2) is 5.13 Å². The van der Waals surface area contributed by atoms with Crippen molar-refractivity contribution in [2.45, 2.75) is 24.9 Å². The molecule has 1 atom stereocenters. The van der Waals surface area contributed by atoms with Crippen LogP contribution in [0.25, 0.3) is 10.2 Å². The van der Waals surface area contributed by atoms with Gasteiger partial charge in [0.1, 0.15) is 5.75 Å². The zero-order valence-electron chi connectivity index (χ0n) is 18.5. The van der Waals surface area contributed by atoms with E-state index in [1.165, 1.54) is 11.3 Å². The van der Waals surface area contributed by atoms with Gasteiger partial charge in [-0.15, -0.1) is 0 Å². The first kappa shape index (κ1) is 21.6. The van der Waals surface area contributed by atoms with Gasteiger partial charge in [-0.3, -0.25) is 9.69 Å². The molecule has 4 aromatic rings. The highest BCUT2D eigenvalue weighted by atomic mass is 32.1. The van der Waals surface area contributed by atoms with Crippen LogP contribution in [0.15, 0.2) is 78.9 Å². The van der Waals surface area contributed by atoms with Gasteiger partial charge in [-0.25, -0.2) is 4.98 Å². The molecule has 5 nitrogen and oxygen atoms in total. The topological polar surface area (TPSA) is 51.7 Å². The van der Waals surface area contributed by atoms with Crippen LogP contribution in [0, 0.1) is 0 Å². The minimum atomic E-state index is -0.421. The number of thiazole rings is 1. The van der Waals surface area contributed by atoms with E-state index in [1.54, 1.807) is 7.11 Å². The average molecular weight is 459 g/mol. The van der Waals surface area contributed by atoms with Gasteiger partial charge in [-0.2, -0.15) is 0 Å². The second-order valence-electron chi connectivity index (χ2n) is 8.17. The van der Waals surface area contributed by atoms with Crippen LogP contribution < -0.4 is 9.64 Å². The maximum atomic E-state index is 14.2. The van der Waals surface area contributed by atoms with Gasteiger partial charge in [-0.05, 0) is 42.2 Å². The molecule has 1 aromatic heterocycles. The largest absolute Gasteiger partial charge is 0.497 e. The Morgan fingerprint density at radius 2 is 1.79 bits per heavy atom. The molecule has 1 aliphatic rings. The van der Waals surface area contributed by atoms with Crippen LogP contribution >= 0.6 is 11.3 Å². The number of hydrogen-bond donors (Lipinski definition) is 0. The lowest BCUT2D eigenvalue weighted by molar-refractivity contribution is -0.119. The molecule has 168 valence electrons. The highest BCUT2D eigenvalue weighted by Crippen LogP contribution is 2.35. The molecule has 6 heteroatoms.